The minimum atomic E-state index is -0.594. The van der Waals surface area contributed by atoms with E-state index in [1.165, 1.54) is 6.08 Å². The number of ether oxygens (including phenoxy) is 4. The molecule has 0 amide bonds. The summed E-state index contributed by atoms with van der Waals surface area (Å²) >= 11 is 0. The lowest BCUT2D eigenvalue weighted by atomic mass is 10.1. The summed E-state index contributed by atoms with van der Waals surface area (Å²) in [4.78, 5) is 37.0. The molecule has 8 nitrogen and oxygen atoms in total. The second-order valence-corrected chi connectivity index (χ2v) is 10.8. The molecule has 0 aliphatic carbocycles. The van der Waals surface area contributed by atoms with Gasteiger partial charge in [0.15, 0.2) is 0 Å². The quantitative estimate of drug-likeness (QED) is 0.0399. The van der Waals surface area contributed by atoms with Crippen molar-refractivity contribution in [2.45, 2.75) is 45.4 Å². The average Bonchev–Trinajstić information content (AvgIpc) is 3.09. The molecule has 4 rings (SSSR count). The van der Waals surface area contributed by atoms with Gasteiger partial charge < -0.3 is 18.9 Å². The smallest absolute Gasteiger partial charge is 0.348 e. The monoisotopic (exact) mass is 631 g/mol. The van der Waals surface area contributed by atoms with E-state index in [0.29, 0.717) is 35.0 Å². The molecule has 47 heavy (non-hydrogen) atoms. The highest BCUT2D eigenvalue weighted by Crippen LogP contribution is 2.21. The van der Waals surface area contributed by atoms with Crippen molar-refractivity contribution in [3.05, 3.63) is 131 Å². The number of nitriles is 1. The maximum atomic E-state index is 12.6. The molecular formula is C39H37NO7. The van der Waals surface area contributed by atoms with Gasteiger partial charge in [-0.25, -0.2) is 14.4 Å². The Hall–Kier alpha value is -5.68. The molecule has 0 radical (unpaired) electrons. The maximum Gasteiger partial charge on any atom is 0.348 e. The number of esters is 3. The Morgan fingerprint density at radius 3 is 1.66 bits per heavy atom. The van der Waals surface area contributed by atoms with Gasteiger partial charge in [0.2, 0.25) is 0 Å². The van der Waals surface area contributed by atoms with Crippen molar-refractivity contribution >= 4 is 24.0 Å². The fraction of sp³-hybridized carbons (Fsp3) is 0.231. The summed E-state index contributed by atoms with van der Waals surface area (Å²) in [6, 6.07) is 31.3. The van der Waals surface area contributed by atoms with E-state index < -0.39 is 17.9 Å². The number of carbonyl (C=O) groups excluding carboxylic acids is 3. The van der Waals surface area contributed by atoms with Crippen molar-refractivity contribution < 1.29 is 33.3 Å². The Labute approximate surface area is 275 Å². The zero-order chi connectivity index (χ0) is 33.3. The lowest BCUT2D eigenvalue weighted by molar-refractivity contribution is -0.138. The number of nitrogens with zero attached hydrogens (tertiary/aromatic N) is 1. The van der Waals surface area contributed by atoms with Gasteiger partial charge >= 0.3 is 17.9 Å². The van der Waals surface area contributed by atoms with Gasteiger partial charge in [-0.3, -0.25) is 0 Å². The highest BCUT2D eigenvalue weighted by Gasteiger charge is 2.12. The van der Waals surface area contributed by atoms with Crippen molar-refractivity contribution in [3.8, 4) is 23.3 Å². The van der Waals surface area contributed by atoms with E-state index >= 15 is 0 Å². The molecule has 0 bridgehead atoms. The van der Waals surface area contributed by atoms with Gasteiger partial charge in [-0.15, -0.1) is 0 Å². The molecule has 0 aliphatic rings. The molecule has 0 spiro atoms. The van der Waals surface area contributed by atoms with Crippen LogP contribution in [0.25, 0.3) is 6.08 Å². The molecule has 0 heterocycles. The second kappa shape index (κ2) is 18.3. The molecule has 0 saturated heterocycles. The summed E-state index contributed by atoms with van der Waals surface area (Å²) in [6.45, 7) is 2.79. The number of hydrogen-bond acceptors (Lipinski definition) is 8. The molecule has 0 N–H and O–H groups in total. The van der Waals surface area contributed by atoms with Gasteiger partial charge in [0, 0.05) is 0 Å². The number of rotatable bonds is 16. The largest absolute Gasteiger partial charge is 0.494 e. The van der Waals surface area contributed by atoms with Crippen LogP contribution in [0.5, 0.6) is 17.2 Å². The predicted molar refractivity (Wildman–Crippen MR) is 178 cm³/mol. The van der Waals surface area contributed by atoms with E-state index in [2.05, 4.69) is 0 Å². The van der Waals surface area contributed by atoms with Crippen molar-refractivity contribution in [1.29, 1.82) is 5.26 Å². The summed E-state index contributed by atoms with van der Waals surface area (Å²) in [5.41, 5.74) is 2.66. The molecule has 4 aromatic rings. The first kappa shape index (κ1) is 34.2. The minimum Gasteiger partial charge on any atom is -0.494 e. The third kappa shape index (κ3) is 11.6. The first-order valence-corrected chi connectivity index (χ1v) is 15.6. The molecule has 4 aromatic carbocycles. The SMILES string of the molecule is Cc1ccc(C(=O)Oc2ccc(OC(=O)c3ccc(OCCCCCCCCOC(=O)C(C#N)=Cc4ccccc4)cc3)cc2)cc1. The summed E-state index contributed by atoms with van der Waals surface area (Å²) in [6.07, 6.45) is 7.16. The van der Waals surface area contributed by atoms with Crippen molar-refractivity contribution in [2.24, 2.45) is 0 Å². The Kier molecular flexibility index (Phi) is 13.3. The molecule has 0 fully saturated rings. The van der Waals surface area contributed by atoms with Gasteiger partial charge in [0.1, 0.15) is 28.9 Å². The maximum absolute atomic E-state index is 12.6. The van der Waals surface area contributed by atoms with Crippen LogP contribution in [0.3, 0.4) is 0 Å². The third-order valence-electron chi connectivity index (χ3n) is 7.11. The minimum absolute atomic E-state index is 0.00624. The third-order valence-corrected chi connectivity index (χ3v) is 7.11. The standard InChI is InChI=1S/C39H37NO7/c1-29-13-15-31(16-14-29)38(42)46-35-21-23-36(24-22-35)47-39(43)32-17-19-34(20-18-32)44-25-9-4-2-3-5-10-26-45-37(41)33(28-40)27-30-11-7-6-8-12-30/h6-8,11-24,27H,2-5,9-10,25-26H2,1H3. The average molecular weight is 632 g/mol. The first-order chi connectivity index (χ1) is 22.9. The predicted octanol–water partition coefficient (Wildman–Crippen LogP) is 8.30. The Balaban J connectivity index is 1.06. The molecule has 240 valence electrons. The normalized spacial score (nSPS) is 10.9. The van der Waals surface area contributed by atoms with Crippen LogP contribution < -0.4 is 14.2 Å². The molecular weight excluding hydrogens is 594 g/mol. The van der Waals surface area contributed by atoms with Crippen LogP contribution in [0.1, 0.15) is 70.4 Å². The van der Waals surface area contributed by atoms with Crippen molar-refractivity contribution in [3.63, 3.8) is 0 Å². The van der Waals surface area contributed by atoms with E-state index in [0.717, 1.165) is 49.7 Å². The van der Waals surface area contributed by atoms with E-state index in [9.17, 15) is 19.6 Å². The fourth-order valence-electron chi connectivity index (χ4n) is 4.48. The molecule has 0 atom stereocenters. The topological polar surface area (TPSA) is 112 Å². The molecule has 8 heteroatoms. The number of unbranched alkanes of at least 4 members (excludes halogenated alkanes) is 5. The van der Waals surface area contributed by atoms with Gasteiger partial charge in [-0.05, 0) is 92.1 Å². The summed E-state index contributed by atoms with van der Waals surface area (Å²) in [7, 11) is 0. The van der Waals surface area contributed by atoms with Crippen LogP contribution in [-0.4, -0.2) is 31.1 Å². The Bertz CT molecular complexity index is 1670. The first-order valence-electron chi connectivity index (χ1n) is 15.6. The highest BCUT2D eigenvalue weighted by molar-refractivity contribution is 5.97. The van der Waals surface area contributed by atoms with Crippen molar-refractivity contribution in [2.75, 3.05) is 13.2 Å². The van der Waals surface area contributed by atoms with Gasteiger partial charge in [-0.2, -0.15) is 5.26 Å². The van der Waals surface area contributed by atoms with Crippen LogP contribution >= 0.6 is 0 Å². The van der Waals surface area contributed by atoms with Crippen molar-refractivity contribution in [1.82, 2.24) is 0 Å². The molecule has 0 saturated carbocycles. The van der Waals surface area contributed by atoms with Gasteiger partial charge in [0.05, 0.1) is 24.3 Å². The summed E-state index contributed by atoms with van der Waals surface area (Å²) in [5, 5.41) is 9.25. The number of aryl methyl sites for hydroxylation is 1. The van der Waals surface area contributed by atoms with E-state index in [-0.39, 0.29) is 12.2 Å². The van der Waals surface area contributed by atoms with Crippen LogP contribution in [0.2, 0.25) is 0 Å². The highest BCUT2D eigenvalue weighted by atomic mass is 16.5. The van der Waals surface area contributed by atoms with E-state index in [4.69, 9.17) is 18.9 Å². The van der Waals surface area contributed by atoms with Crippen LogP contribution in [0.15, 0.2) is 109 Å². The summed E-state index contributed by atoms with van der Waals surface area (Å²) in [5.74, 6) is -0.224. The van der Waals surface area contributed by atoms with Crippen LogP contribution in [0, 0.1) is 18.3 Å². The number of carbonyl (C=O) groups is 3. The Morgan fingerprint density at radius 2 is 1.11 bits per heavy atom. The number of hydrogen-bond donors (Lipinski definition) is 0. The molecule has 0 aliphatic heterocycles. The molecule has 0 unspecified atom stereocenters. The molecule has 0 aromatic heterocycles. The van der Waals surface area contributed by atoms with E-state index in [1.54, 1.807) is 60.7 Å². The van der Waals surface area contributed by atoms with Gasteiger partial charge in [-0.1, -0.05) is 73.7 Å². The van der Waals surface area contributed by atoms with Crippen LogP contribution in [0.4, 0.5) is 0 Å². The Morgan fingerprint density at radius 1 is 0.617 bits per heavy atom. The zero-order valence-corrected chi connectivity index (χ0v) is 26.4. The second-order valence-electron chi connectivity index (χ2n) is 10.8. The zero-order valence-electron chi connectivity index (χ0n) is 26.4. The van der Waals surface area contributed by atoms with Crippen LogP contribution in [-0.2, 0) is 9.53 Å². The number of benzene rings is 4. The van der Waals surface area contributed by atoms with Gasteiger partial charge in [0.25, 0.3) is 0 Å². The lowest BCUT2D eigenvalue weighted by Gasteiger charge is -2.09. The van der Waals surface area contributed by atoms with E-state index in [1.807, 2.05) is 55.5 Å². The summed E-state index contributed by atoms with van der Waals surface area (Å²) < 4.78 is 21.9. The lowest BCUT2D eigenvalue weighted by Crippen LogP contribution is -2.09. The fourth-order valence-corrected chi connectivity index (χ4v) is 4.48.